The molecule has 0 spiro atoms. The number of rotatable bonds is 4. The maximum absolute atomic E-state index is 13.0. The molecular formula is C13H12FNO3S. The number of benzene rings is 2. The van der Waals surface area contributed by atoms with Crippen molar-refractivity contribution < 1.29 is 17.5 Å². The second-order valence-electron chi connectivity index (χ2n) is 3.76. The quantitative estimate of drug-likeness (QED) is 0.937. The number of halogens is 1. The first-order valence-corrected chi connectivity index (χ1v) is 6.92. The Balaban J connectivity index is 2.36. The Labute approximate surface area is 110 Å². The van der Waals surface area contributed by atoms with Crippen molar-refractivity contribution in [2.75, 3.05) is 11.8 Å². The smallest absolute Gasteiger partial charge is 0.262 e. The third kappa shape index (κ3) is 3.03. The zero-order chi connectivity index (χ0) is 13.9. The van der Waals surface area contributed by atoms with Gasteiger partial charge >= 0.3 is 0 Å². The summed E-state index contributed by atoms with van der Waals surface area (Å²) in [5.41, 5.74) is 0.188. The van der Waals surface area contributed by atoms with E-state index in [9.17, 15) is 12.8 Å². The fourth-order valence-electron chi connectivity index (χ4n) is 1.55. The molecule has 1 N–H and O–H groups in total. The molecule has 0 atom stereocenters. The van der Waals surface area contributed by atoms with Crippen LogP contribution in [0.15, 0.2) is 53.4 Å². The second kappa shape index (κ2) is 5.27. The van der Waals surface area contributed by atoms with Crippen molar-refractivity contribution in [1.82, 2.24) is 0 Å². The topological polar surface area (TPSA) is 55.4 Å². The van der Waals surface area contributed by atoms with E-state index in [1.54, 1.807) is 18.2 Å². The molecule has 0 fully saturated rings. The highest BCUT2D eigenvalue weighted by Gasteiger charge is 2.16. The molecule has 0 heterocycles. The maximum atomic E-state index is 13.0. The van der Waals surface area contributed by atoms with E-state index in [-0.39, 0.29) is 16.3 Å². The average molecular weight is 281 g/mol. The van der Waals surface area contributed by atoms with Crippen molar-refractivity contribution in [3.8, 4) is 5.75 Å². The number of hydrogen-bond donors (Lipinski definition) is 1. The number of anilines is 1. The molecule has 19 heavy (non-hydrogen) atoms. The molecule has 2 rings (SSSR count). The third-order valence-electron chi connectivity index (χ3n) is 2.46. The van der Waals surface area contributed by atoms with E-state index in [1.807, 2.05) is 0 Å². The van der Waals surface area contributed by atoms with E-state index < -0.39 is 15.8 Å². The normalized spacial score (nSPS) is 11.1. The summed E-state index contributed by atoms with van der Waals surface area (Å²) in [5.74, 6) is -0.376. The molecular weight excluding hydrogens is 269 g/mol. The van der Waals surface area contributed by atoms with Gasteiger partial charge in [-0.3, -0.25) is 4.72 Å². The van der Waals surface area contributed by atoms with Crippen LogP contribution in [0.2, 0.25) is 0 Å². The number of hydrogen-bond acceptors (Lipinski definition) is 3. The van der Waals surface area contributed by atoms with Crippen LogP contribution < -0.4 is 9.46 Å². The minimum atomic E-state index is -3.71. The summed E-state index contributed by atoms with van der Waals surface area (Å²) < 4.78 is 44.5. The Bertz CT molecular complexity index is 672. The van der Waals surface area contributed by atoms with Crippen LogP contribution in [0.3, 0.4) is 0 Å². The summed E-state index contributed by atoms with van der Waals surface area (Å²) in [6.45, 7) is 0. The number of sulfonamides is 1. The Kier molecular flexibility index (Phi) is 3.71. The molecule has 0 aliphatic rings. The van der Waals surface area contributed by atoms with Gasteiger partial charge in [-0.15, -0.1) is 0 Å². The van der Waals surface area contributed by atoms with Gasteiger partial charge in [-0.25, -0.2) is 12.8 Å². The summed E-state index contributed by atoms with van der Waals surface area (Å²) in [5, 5.41) is 0. The molecule has 100 valence electrons. The van der Waals surface area contributed by atoms with Gasteiger partial charge in [0.05, 0.1) is 17.7 Å². The maximum Gasteiger partial charge on any atom is 0.262 e. The van der Waals surface area contributed by atoms with Gasteiger partial charge in [-0.2, -0.15) is 0 Å². The lowest BCUT2D eigenvalue weighted by Crippen LogP contribution is -2.13. The van der Waals surface area contributed by atoms with Crippen molar-refractivity contribution >= 4 is 15.7 Å². The van der Waals surface area contributed by atoms with Crippen LogP contribution >= 0.6 is 0 Å². The predicted octanol–water partition coefficient (Wildman–Crippen LogP) is 2.64. The molecule has 0 unspecified atom stereocenters. The molecule has 0 amide bonds. The lowest BCUT2D eigenvalue weighted by atomic mass is 10.3. The van der Waals surface area contributed by atoms with E-state index in [0.29, 0.717) is 0 Å². The molecule has 0 aliphatic carbocycles. The first kappa shape index (κ1) is 13.4. The highest BCUT2D eigenvalue weighted by Crippen LogP contribution is 2.27. The Morgan fingerprint density at radius 1 is 1.11 bits per heavy atom. The van der Waals surface area contributed by atoms with Crippen LogP contribution in [0.25, 0.3) is 0 Å². The first-order valence-electron chi connectivity index (χ1n) is 5.44. The van der Waals surface area contributed by atoms with E-state index in [1.165, 1.54) is 25.3 Å². The average Bonchev–Trinajstić information content (AvgIpc) is 2.41. The highest BCUT2D eigenvalue weighted by atomic mass is 32.2. The summed E-state index contributed by atoms with van der Waals surface area (Å²) in [6.07, 6.45) is 0. The van der Waals surface area contributed by atoms with Gasteiger partial charge in [0.25, 0.3) is 10.0 Å². The van der Waals surface area contributed by atoms with E-state index in [2.05, 4.69) is 4.72 Å². The number of methoxy groups -OCH3 is 1. The molecule has 0 bridgehead atoms. The van der Waals surface area contributed by atoms with Gasteiger partial charge in [0.2, 0.25) is 0 Å². The van der Waals surface area contributed by atoms with Crippen LogP contribution in [-0.2, 0) is 10.0 Å². The van der Waals surface area contributed by atoms with Crippen molar-refractivity contribution in [3.05, 3.63) is 54.3 Å². The first-order chi connectivity index (χ1) is 9.03. The van der Waals surface area contributed by atoms with Gasteiger partial charge in [-0.1, -0.05) is 18.2 Å². The molecule has 2 aromatic carbocycles. The fraction of sp³-hybridized carbons (Fsp3) is 0.0769. The van der Waals surface area contributed by atoms with Crippen LogP contribution in [0.5, 0.6) is 5.75 Å². The van der Waals surface area contributed by atoms with Gasteiger partial charge in [0.15, 0.2) is 0 Å². The van der Waals surface area contributed by atoms with Crippen LogP contribution in [0.1, 0.15) is 0 Å². The predicted molar refractivity (Wildman–Crippen MR) is 70.2 cm³/mol. The van der Waals surface area contributed by atoms with Crippen molar-refractivity contribution in [2.45, 2.75) is 4.90 Å². The standard InChI is InChI=1S/C13H12FNO3S/c1-18-13-9-10(14)7-8-12(13)15-19(16,17)11-5-3-2-4-6-11/h2-9,15H,1H3. The molecule has 0 aliphatic heterocycles. The Morgan fingerprint density at radius 2 is 1.79 bits per heavy atom. The SMILES string of the molecule is COc1cc(F)ccc1NS(=O)(=O)c1ccccc1. The van der Waals surface area contributed by atoms with Gasteiger partial charge in [0.1, 0.15) is 11.6 Å². The molecule has 4 nitrogen and oxygen atoms in total. The van der Waals surface area contributed by atoms with Crippen molar-refractivity contribution in [2.24, 2.45) is 0 Å². The molecule has 0 saturated heterocycles. The van der Waals surface area contributed by atoms with Crippen LogP contribution in [-0.4, -0.2) is 15.5 Å². The van der Waals surface area contributed by atoms with Crippen molar-refractivity contribution in [3.63, 3.8) is 0 Å². The van der Waals surface area contributed by atoms with Crippen LogP contribution in [0, 0.1) is 5.82 Å². The van der Waals surface area contributed by atoms with E-state index in [4.69, 9.17) is 4.74 Å². The van der Waals surface area contributed by atoms with Gasteiger partial charge in [0, 0.05) is 6.07 Å². The summed E-state index contributed by atoms with van der Waals surface area (Å²) >= 11 is 0. The second-order valence-corrected chi connectivity index (χ2v) is 5.45. The number of ether oxygens (including phenoxy) is 1. The summed E-state index contributed by atoms with van der Waals surface area (Å²) in [4.78, 5) is 0.126. The lowest BCUT2D eigenvalue weighted by molar-refractivity contribution is 0.413. The molecule has 0 saturated carbocycles. The lowest BCUT2D eigenvalue weighted by Gasteiger charge is -2.11. The van der Waals surface area contributed by atoms with Gasteiger partial charge < -0.3 is 4.74 Å². The minimum absolute atomic E-state index is 0.125. The minimum Gasteiger partial charge on any atom is -0.494 e. The zero-order valence-corrected chi connectivity index (χ0v) is 10.9. The molecule has 0 aromatic heterocycles. The zero-order valence-electron chi connectivity index (χ0n) is 10.1. The molecule has 0 radical (unpaired) electrons. The Hall–Kier alpha value is -2.08. The van der Waals surface area contributed by atoms with Crippen molar-refractivity contribution in [1.29, 1.82) is 0 Å². The Morgan fingerprint density at radius 3 is 2.42 bits per heavy atom. The molecule has 6 heteroatoms. The highest BCUT2D eigenvalue weighted by molar-refractivity contribution is 7.92. The van der Waals surface area contributed by atoms with E-state index >= 15 is 0 Å². The third-order valence-corrected chi connectivity index (χ3v) is 3.84. The summed E-state index contributed by atoms with van der Waals surface area (Å²) in [7, 11) is -2.37. The van der Waals surface area contributed by atoms with Crippen LogP contribution in [0.4, 0.5) is 10.1 Å². The monoisotopic (exact) mass is 281 g/mol. The fourth-order valence-corrected chi connectivity index (χ4v) is 2.64. The number of nitrogens with one attached hydrogen (secondary N) is 1. The largest absolute Gasteiger partial charge is 0.494 e. The summed E-state index contributed by atoms with van der Waals surface area (Å²) in [6, 6.07) is 11.5. The molecule has 2 aromatic rings. The van der Waals surface area contributed by atoms with Gasteiger partial charge in [-0.05, 0) is 24.3 Å². The van der Waals surface area contributed by atoms with E-state index in [0.717, 1.165) is 12.1 Å².